The van der Waals surface area contributed by atoms with E-state index >= 15 is 0 Å². The topological polar surface area (TPSA) is 108 Å². The first-order valence-electron chi connectivity index (χ1n) is 4.29. The summed E-state index contributed by atoms with van der Waals surface area (Å²) in [6.07, 6.45) is 2.55. The average Bonchev–Trinajstić information content (AvgIpc) is 2.70. The van der Waals surface area contributed by atoms with Crippen LogP contribution in [0.15, 0.2) is 40.3 Å². The smallest absolute Gasteiger partial charge is 0.264 e. The Bertz CT molecular complexity index is 609. The van der Waals surface area contributed by atoms with Gasteiger partial charge in [-0.1, -0.05) is 0 Å². The van der Waals surface area contributed by atoms with E-state index < -0.39 is 10.0 Å². The van der Waals surface area contributed by atoms with Crippen LogP contribution in [0.4, 0.5) is 5.82 Å². The van der Waals surface area contributed by atoms with Crippen LogP contribution < -0.4 is 10.3 Å². The summed E-state index contributed by atoms with van der Waals surface area (Å²) in [6, 6.07) is 3.84. The number of nitrogens with one attached hydrogen (secondary N) is 3. The highest BCUT2D eigenvalue weighted by Gasteiger charge is 2.14. The lowest BCUT2D eigenvalue weighted by molar-refractivity contribution is 0.600. The lowest BCUT2D eigenvalue weighted by atomic mass is 10.5. The van der Waals surface area contributed by atoms with Crippen LogP contribution in [0.25, 0.3) is 0 Å². The third kappa shape index (κ3) is 2.11. The maximum absolute atomic E-state index is 11.7. The molecule has 0 unspecified atom stereocenters. The Balaban J connectivity index is 2.32. The zero-order valence-corrected chi connectivity index (χ0v) is 8.78. The molecule has 0 bridgehead atoms. The summed E-state index contributed by atoms with van der Waals surface area (Å²) in [6.45, 7) is 0. The van der Waals surface area contributed by atoms with Crippen LogP contribution in [0.1, 0.15) is 0 Å². The quantitative estimate of drug-likeness (QED) is 0.696. The van der Waals surface area contributed by atoms with Crippen molar-refractivity contribution in [2.24, 2.45) is 0 Å². The number of aromatic nitrogens is 3. The first kappa shape index (κ1) is 10.4. The number of pyridine rings is 1. The molecule has 3 N–H and O–H groups in total. The van der Waals surface area contributed by atoms with Crippen LogP contribution in [0.3, 0.4) is 0 Å². The Hall–Kier alpha value is -2.09. The van der Waals surface area contributed by atoms with Crippen LogP contribution in [-0.2, 0) is 10.0 Å². The molecule has 0 atom stereocenters. The molecule has 84 valence electrons. The molecule has 16 heavy (non-hydrogen) atoms. The van der Waals surface area contributed by atoms with Gasteiger partial charge < -0.3 is 4.98 Å². The molecule has 0 aromatic carbocycles. The molecule has 2 rings (SSSR count). The number of H-pyrrole nitrogens is 2. The lowest BCUT2D eigenvalue weighted by Crippen LogP contribution is -2.15. The number of hydrogen-bond donors (Lipinski definition) is 3. The Morgan fingerprint density at radius 2 is 2.06 bits per heavy atom. The van der Waals surface area contributed by atoms with Crippen molar-refractivity contribution in [2.75, 3.05) is 4.72 Å². The van der Waals surface area contributed by atoms with E-state index in [9.17, 15) is 13.2 Å². The SMILES string of the molecule is O=c1ccc(S(=O)(=O)Nc2ccn[nH]2)c[nH]1. The standard InChI is InChI=1S/C8H8N4O3S/c13-8-2-1-6(5-9-8)16(14,15)12-7-3-4-10-11-7/h1-5H,(H,9,13)(H2,10,11,12). The summed E-state index contributed by atoms with van der Waals surface area (Å²) in [7, 11) is -3.69. The van der Waals surface area contributed by atoms with Gasteiger partial charge in [-0.15, -0.1) is 0 Å². The van der Waals surface area contributed by atoms with E-state index in [0.717, 1.165) is 12.3 Å². The van der Waals surface area contributed by atoms with Crippen molar-refractivity contribution in [3.63, 3.8) is 0 Å². The Morgan fingerprint density at radius 3 is 2.62 bits per heavy atom. The van der Waals surface area contributed by atoms with E-state index in [1.807, 2.05) is 0 Å². The molecular formula is C8H8N4O3S. The summed E-state index contributed by atoms with van der Waals surface area (Å²) < 4.78 is 25.7. The molecule has 8 heteroatoms. The minimum Gasteiger partial charge on any atom is -0.328 e. The fourth-order valence-electron chi connectivity index (χ4n) is 1.08. The number of anilines is 1. The Kier molecular flexibility index (Phi) is 2.49. The minimum atomic E-state index is -3.69. The molecule has 0 aliphatic rings. The van der Waals surface area contributed by atoms with E-state index in [0.29, 0.717) is 0 Å². The third-order valence-corrected chi connectivity index (χ3v) is 3.17. The number of sulfonamides is 1. The lowest BCUT2D eigenvalue weighted by Gasteiger charge is -2.04. The molecule has 0 spiro atoms. The van der Waals surface area contributed by atoms with Gasteiger partial charge in [-0.3, -0.25) is 14.6 Å². The number of rotatable bonds is 3. The molecule has 2 aromatic heterocycles. The number of nitrogens with zero attached hydrogens (tertiary/aromatic N) is 1. The normalized spacial score (nSPS) is 11.2. The van der Waals surface area contributed by atoms with E-state index in [1.54, 1.807) is 0 Å². The van der Waals surface area contributed by atoms with E-state index in [2.05, 4.69) is 19.9 Å². The molecule has 0 saturated heterocycles. The average molecular weight is 240 g/mol. The van der Waals surface area contributed by atoms with Crippen molar-refractivity contribution in [3.8, 4) is 0 Å². The number of hydrogen-bond acceptors (Lipinski definition) is 4. The van der Waals surface area contributed by atoms with Crippen molar-refractivity contribution < 1.29 is 8.42 Å². The Morgan fingerprint density at radius 1 is 1.25 bits per heavy atom. The molecule has 0 aliphatic carbocycles. The summed E-state index contributed by atoms with van der Waals surface area (Å²) in [4.78, 5) is 13.0. The van der Waals surface area contributed by atoms with Gasteiger partial charge in [0.2, 0.25) is 5.56 Å². The van der Waals surface area contributed by atoms with Gasteiger partial charge in [-0.25, -0.2) is 8.42 Å². The van der Waals surface area contributed by atoms with Crippen molar-refractivity contribution in [1.29, 1.82) is 0 Å². The van der Waals surface area contributed by atoms with Gasteiger partial charge in [-0.2, -0.15) is 5.10 Å². The maximum Gasteiger partial charge on any atom is 0.264 e. The van der Waals surface area contributed by atoms with E-state index in [1.165, 1.54) is 18.3 Å². The Labute approximate surface area is 90.6 Å². The highest BCUT2D eigenvalue weighted by molar-refractivity contribution is 7.92. The number of aromatic amines is 2. The predicted molar refractivity (Wildman–Crippen MR) is 56.5 cm³/mol. The molecule has 0 radical (unpaired) electrons. The highest BCUT2D eigenvalue weighted by atomic mass is 32.2. The van der Waals surface area contributed by atoms with Gasteiger partial charge in [-0.05, 0) is 6.07 Å². The molecule has 0 aliphatic heterocycles. The first-order valence-corrected chi connectivity index (χ1v) is 5.77. The second-order valence-corrected chi connectivity index (χ2v) is 4.65. The summed E-state index contributed by atoms with van der Waals surface area (Å²) in [5.41, 5.74) is -0.361. The van der Waals surface area contributed by atoms with Gasteiger partial charge in [0.15, 0.2) is 0 Å². The zero-order chi connectivity index (χ0) is 11.6. The molecular weight excluding hydrogens is 232 g/mol. The third-order valence-electron chi connectivity index (χ3n) is 1.81. The van der Waals surface area contributed by atoms with Gasteiger partial charge in [0.25, 0.3) is 10.0 Å². The van der Waals surface area contributed by atoms with Gasteiger partial charge in [0.1, 0.15) is 10.7 Å². The zero-order valence-electron chi connectivity index (χ0n) is 7.97. The minimum absolute atomic E-state index is 0.0262. The molecule has 2 heterocycles. The van der Waals surface area contributed by atoms with Crippen LogP contribution in [-0.4, -0.2) is 23.6 Å². The van der Waals surface area contributed by atoms with Crippen molar-refractivity contribution >= 4 is 15.8 Å². The predicted octanol–water partition coefficient (Wildman–Crippen LogP) is -0.101. The first-order chi connectivity index (χ1) is 7.58. The highest BCUT2D eigenvalue weighted by Crippen LogP contribution is 2.10. The van der Waals surface area contributed by atoms with Gasteiger partial charge in [0, 0.05) is 18.3 Å². The largest absolute Gasteiger partial charge is 0.328 e. The van der Waals surface area contributed by atoms with E-state index in [-0.39, 0.29) is 16.3 Å². The second kappa shape index (κ2) is 3.81. The summed E-state index contributed by atoms with van der Waals surface area (Å²) >= 11 is 0. The van der Waals surface area contributed by atoms with Crippen LogP contribution in [0, 0.1) is 0 Å². The van der Waals surface area contributed by atoms with Crippen LogP contribution >= 0.6 is 0 Å². The van der Waals surface area contributed by atoms with Crippen LogP contribution in [0.2, 0.25) is 0 Å². The van der Waals surface area contributed by atoms with E-state index in [4.69, 9.17) is 0 Å². The van der Waals surface area contributed by atoms with Crippen LogP contribution in [0.5, 0.6) is 0 Å². The molecule has 0 saturated carbocycles. The summed E-state index contributed by atoms with van der Waals surface area (Å²) in [5.74, 6) is 0.256. The van der Waals surface area contributed by atoms with Crippen molar-refractivity contribution in [1.82, 2.24) is 15.2 Å². The molecule has 0 fully saturated rings. The maximum atomic E-state index is 11.7. The monoisotopic (exact) mass is 240 g/mol. The second-order valence-electron chi connectivity index (χ2n) is 2.96. The van der Waals surface area contributed by atoms with Gasteiger partial charge in [0.05, 0.1) is 6.20 Å². The van der Waals surface area contributed by atoms with Crippen molar-refractivity contribution in [2.45, 2.75) is 4.90 Å². The summed E-state index contributed by atoms with van der Waals surface area (Å²) in [5, 5.41) is 6.07. The molecule has 7 nitrogen and oxygen atoms in total. The van der Waals surface area contributed by atoms with Crippen molar-refractivity contribution in [3.05, 3.63) is 40.9 Å². The molecule has 0 amide bonds. The fraction of sp³-hybridized carbons (Fsp3) is 0. The molecule has 2 aromatic rings. The van der Waals surface area contributed by atoms with Gasteiger partial charge >= 0.3 is 0 Å². The fourth-order valence-corrected chi connectivity index (χ4v) is 2.06.